The normalized spacial score (nSPS) is 13.0. The number of pyridine rings is 2. The van der Waals surface area contributed by atoms with Crippen LogP contribution in [0.2, 0.25) is 0 Å². The molecule has 2 amide bonds. The Morgan fingerprint density at radius 1 is 1.07 bits per heavy atom. The Hall–Kier alpha value is -3.33. The van der Waals surface area contributed by atoms with E-state index < -0.39 is 16.1 Å². The van der Waals surface area contributed by atoms with Crippen LogP contribution in [-0.2, 0) is 28.6 Å². The van der Waals surface area contributed by atoms with Gasteiger partial charge < -0.3 is 5.32 Å². The van der Waals surface area contributed by atoms with Gasteiger partial charge in [0.1, 0.15) is 5.82 Å². The Bertz CT molecular complexity index is 1190. The first-order valence-corrected chi connectivity index (χ1v) is 11.0. The fourth-order valence-corrected chi connectivity index (χ4v) is 4.67. The van der Waals surface area contributed by atoms with Crippen molar-refractivity contribution >= 4 is 21.7 Å². The smallest absolute Gasteiger partial charge is 0.306 e. The zero-order chi connectivity index (χ0) is 21.1. The van der Waals surface area contributed by atoms with Crippen molar-refractivity contribution in [1.29, 1.82) is 0 Å². The van der Waals surface area contributed by atoms with Crippen molar-refractivity contribution in [3.05, 3.63) is 77.6 Å². The number of hydrogen-bond donors (Lipinski definition) is 2. The second kappa shape index (κ2) is 8.19. The number of aromatic nitrogens is 2. The summed E-state index contributed by atoms with van der Waals surface area (Å²) in [4.78, 5) is 20.4. The Kier molecular flexibility index (Phi) is 5.45. The summed E-state index contributed by atoms with van der Waals surface area (Å²) in [6.45, 7) is 0. The van der Waals surface area contributed by atoms with Crippen LogP contribution in [0, 0.1) is 5.82 Å². The number of urea groups is 1. The quantitative estimate of drug-likeness (QED) is 0.651. The molecule has 0 bridgehead atoms. The molecule has 30 heavy (non-hydrogen) atoms. The SMILES string of the molecule is O=C(Nc1c(-c2ccncc2)cc(F)c2c1CCC2)NS(=O)(=O)Cc1cccnc1. The predicted molar refractivity (Wildman–Crippen MR) is 111 cm³/mol. The largest absolute Gasteiger partial charge is 0.332 e. The summed E-state index contributed by atoms with van der Waals surface area (Å²) in [5.41, 5.74) is 3.28. The molecule has 154 valence electrons. The fraction of sp³-hybridized carbons (Fsp3) is 0.190. The molecule has 7 nitrogen and oxygen atoms in total. The van der Waals surface area contributed by atoms with E-state index in [1.54, 1.807) is 36.7 Å². The molecule has 0 fully saturated rings. The van der Waals surface area contributed by atoms with E-state index in [-0.39, 0.29) is 11.6 Å². The van der Waals surface area contributed by atoms with Crippen molar-refractivity contribution in [3.8, 4) is 11.1 Å². The van der Waals surface area contributed by atoms with E-state index in [2.05, 4.69) is 15.3 Å². The molecule has 4 rings (SSSR count). The van der Waals surface area contributed by atoms with Crippen molar-refractivity contribution in [2.24, 2.45) is 0 Å². The molecule has 0 radical (unpaired) electrons. The van der Waals surface area contributed by atoms with Crippen LogP contribution in [0.3, 0.4) is 0 Å². The van der Waals surface area contributed by atoms with Crippen LogP contribution in [-0.4, -0.2) is 24.4 Å². The van der Waals surface area contributed by atoms with Crippen molar-refractivity contribution in [2.45, 2.75) is 25.0 Å². The van der Waals surface area contributed by atoms with Crippen LogP contribution in [0.15, 0.2) is 55.1 Å². The van der Waals surface area contributed by atoms with Gasteiger partial charge in [0.05, 0.1) is 11.4 Å². The average Bonchev–Trinajstić information content (AvgIpc) is 3.21. The molecule has 0 saturated carbocycles. The maximum atomic E-state index is 14.6. The highest BCUT2D eigenvalue weighted by Gasteiger charge is 2.25. The number of amides is 2. The first kappa shape index (κ1) is 20.0. The Morgan fingerprint density at radius 2 is 1.83 bits per heavy atom. The molecule has 0 atom stereocenters. The Labute approximate surface area is 173 Å². The van der Waals surface area contributed by atoms with Crippen LogP contribution in [0.4, 0.5) is 14.9 Å². The Balaban J connectivity index is 1.62. The lowest BCUT2D eigenvalue weighted by atomic mass is 9.97. The zero-order valence-electron chi connectivity index (χ0n) is 15.9. The molecule has 3 aromatic rings. The van der Waals surface area contributed by atoms with Crippen molar-refractivity contribution in [2.75, 3.05) is 5.32 Å². The molecule has 9 heteroatoms. The van der Waals surface area contributed by atoms with Gasteiger partial charge in [0.25, 0.3) is 0 Å². The number of benzene rings is 1. The molecule has 0 unspecified atom stereocenters. The van der Waals surface area contributed by atoms with Gasteiger partial charge in [0.2, 0.25) is 10.0 Å². The summed E-state index contributed by atoms with van der Waals surface area (Å²) in [5.74, 6) is -0.711. The van der Waals surface area contributed by atoms with E-state index in [1.807, 2.05) is 4.72 Å². The molecule has 2 N–H and O–H groups in total. The maximum Gasteiger partial charge on any atom is 0.332 e. The summed E-state index contributed by atoms with van der Waals surface area (Å²) in [6, 6.07) is 7.12. The maximum absolute atomic E-state index is 14.6. The first-order chi connectivity index (χ1) is 14.4. The van der Waals surface area contributed by atoms with E-state index in [0.29, 0.717) is 46.3 Å². The number of carbonyl (C=O) groups is 1. The van der Waals surface area contributed by atoms with Gasteiger partial charge in [-0.05, 0) is 65.8 Å². The van der Waals surface area contributed by atoms with Crippen molar-refractivity contribution in [3.63, 3.8) is 0 Å². The van der Waals surface area contributed by atoms with Crippen LogP contribution >= 0.6 is 0 Å². The minimum Gasteiger partial charge on any atom is -0.306 e. The number of anilines is 1. The van der Waals surface area contributed by atoms with Crippen molar-refractivity contribution in [1.82, 2.24) is 14.7 Å². The lowest BCUT2D eigenvalue weighted by molar-refractivity contribution is 0.256. The third-order valence-corrected chi connectivity index (χ3v) is 6.12. The number of carbonyl (C=O) groups excluding carboxylic acids is 1. The van der Waals surface area contributed by atoms with E-state index >= 15 is 0 Å². The molecule has 2 heterocycles. The number of sulfonamides is 1. The highest BCUT2D eigenvalue weighted by Crippen LogP contribution is 2.39. The summed E-state index contributed by atoms with van der Waals surface area (Å²) >= 11 is 0. The van der Waals surface area contributed by atoms with E-state index in [1.165, 1.54) is 18.5 Å². The van der Waals surface area contributed by atoms with Crippen LogP contribution in [0.25, 0.3) is 11.1 Å². The summed E-state index contributed by atoms with van der Waals surface area (Å²) < 4.78 is 41.4. The van der Waals surface area contributed by atoms with Gasteiger partial charge in [-0.25, -0.2) is 22.3 Å². The molecule has 0 spiro atoms. The fourth-order valence-electron chi connectivity index (χ4n) is 3.65. The van der Waals surface area contributed by atoms with Crippen LogP contribution in [0.1, 0.15) is 23.1 Å². The topological polar surface area (TPSA) is 101 Å². The minimum atomic E-state index is -3.94. The van der Waals surface area contributed by atoms with Crippen molar-refractivity contribution < 1.29 is 17.6 Å². The highest BCUT2D eigenvalue weighted by molar-refractivity contribution is 7.89. The Morgan fingerprint density at radius 3 is 2.57 bits per heavy atom. The number of rotatable bonds is 5. The standard InChI is InChI=1S/C21H19FN4O3S/c22-19-11-18(15-6-9-23-10-7-15)20(17-5-1-4-16(17)19)25-21(27)26-30(28,29)13-14-3-2-8-24-12-14/h2-3,6-12H,1,4-5,13H2,(H2,25,26,27). The van der Waals surface area contributed by atoms with E-state index in [4.69, 9.17) is 0 Å². The number of nitrogens with zero attached hydrogens (tertiary/aromatic N) is 2. The van der Waals surface area contributed by atoms with Gasteiger partial charge >= 0.3 is 6.03 Å². The third kappa shape index (κ3) is 4.30. The van der Waals surface area contributed by atoms with Crippen LogP contribution < -0.4 is 10.0 Å². The average molecular weight is 426 g/mol. The number of fused-ring (bicyclic) bond motifs is 1. The molecule has 1 aliphatic rings. The van der Waals surface area contributed by atoms with Gasteiger partial charge in [0, 0.05) is 30.4 Å². The van der Waals surface area contributed by atoms with Gasteiger partial charge in [-0.1, -0.05) is 6.07 Å². The van der Waals surface area contributed by atoms with E-state index in [0.717, 1.165) is 6.42 Å². The number of halogens is 1. The molecule has 2 aromatic heterocycles. The second-order valence-corrected chi connectivity index (χ2v) is 8.73. The lowest BCUT2D eigenvalue weighted by Crippen LogP contribution is -2.35. The molecule has 1 aromatic carbocycles. The van der Waals surface area contributed by atoms with Gasteiger partial charge in [-0.15, -0.1) is 0 Å². The number of hydrogen-bond acceptors (Lipinski definition) is 5. The predicted octanol–water partition coefficient (Wildman–Crippen LogP) is 3.42. The molecule has 0 aliphatic heterocycles. The second-order valence-electron chi connectivity index (χ2n) is 7.00. The minimum absolute atomic E-state index is 0.329. The summed E-state index contributed by atoms with van der Waals surface area (Å²) in [6.07, 6.45) is 8.04. The lowest BCUT2D eigenvalue weighted by Gasteiger charge is -2.17. The van der Waals surface area contributed by atoms with Gasteiger partial charge in [-0.2, -0.15) is 0 Å². The van der Waals surface area contributed by atoms with Crippen LogP contribution in [0.5, 0.6) is 0 Å². The van der Waals surface area contributed by atoms with Gasteiger partial charge in [-0.3, -0.25) is 9.97 Å². The van der Waals surface area contributed by atoms with E-state index in [9.17, 15) is 17.6 Å². The monoisotopic (exact) mass is 426 g/mol. The molecule has 0 saturated heterocycles. The highest BCUT2D eigenvalue weighted by atomic mass is 32.2. The van der Waals surface area contributed by atoms with Gasteiger partial charge in [0.15, 0.2) is 0 Å². The molecular weight excluding hydrogens is 407 g/mol. The first-order valence-electron chi connectivity index (χ1n) is 9.38. The zero-order valence-corrected chi connectivity index (χ0v) is 16.7. The molecule has 1 aliphatic carbocycles. The number of nitrogens with one attached hydrogen (secondary N) is 2. The summed E-state index contributed by atoms with van der Waals surface area (Å²) in [5, 5.41) is 2.65. The summed E-state index contributed by atoms with van der Waals surface area (Å²) in [7, 11) is -3.94. The third-order valence-electron chi connectivity index (χ3n) is 4.91. The molecular formula is C21H19FN4O3S.